The van der Waals surface area contributed by atoms with Gasteiger partial charge in [-0.15, -0.1) is 11.3 Å². The van der Waals surface area contributed by atoms with E-state index in [0.717, 1.165) is 11.3 Å². The number of hydrogen-bond acceptors (Lipinski definition) is 5. The monoisotopic (exact) mass is 341 g/mol. The van der Waals surface area contributed by atoms with Gasteiger partial charge in [0.1, 0.15) is 11.1 Å². The number of rotatable bonds is 4. The van der Waals surface area contributed by atoms with Gasteiger partial charge in [0.05, 0.1) is 11.8 Å². The van der Waals surface area contributed by atoms with Gasteiger partial charge in [0.15, 0.2) is 0 Å². The molecule has 0 aliphatic carbocycles. The molecule has 0 unspecified atom stereocenters. The van der Waals surface area contributed by atoms with Crippen LogP contribution < -0.4 is 5.32 Å². The molecule has 22 heavy (non-hydrogen) atoms. The first kappa shape index (κ1) is 16.9. The highest BCUT2D eigenvalue weighted by atomic mass is 32.2. The second-order valence-corrected chi connectivity index (χ2v) is 8.47. The van der Waals surface area contributed by atoms with Crippen LogP contribution in [0, 0.1) is 17.2 Å². The van der Waals surface area contributed by atoms with E-state index in [1.165, 1.54) is 21.9 Å². The number of thiophene rings is 1. The molecule has 0 saturated carbocycles. The summed E-state index contributed by atoms with van der Waals surface area (Å²) in [5, 5.41) is 12.5. The van der Waals surface area contributed by atoms with Crippen molar-refractivity contribution < 1.29 is 13.2 Å². The Kier molecular flexibility index (Phi) is 5.21. The number of amides is 1. The van der Waals surface area contributed by atoms with E-state index < -0.39 is 10.0 Å². The van der Waals surface area contributed by atoms with Gasteiger partial charge in [-0.25, -0.2) is 12.7 Å². The molecule has 0 aromatic carbocycles. The Hall–Kier alpha value is -1.43. The molecule has 120 valence electrons. The zero-order valence-electron chi connectivity index (χ0n) is 12.6. The van der Waals surface area contributed by atoms with Crippen LogP contribution in [0.5, 0.6) is 0 Å². The van der Waals surface area contributed by atoms with E-state index in [1.54, 1.807) is 6.07 Å². The highest BCUT2D eigenvalue weighted by molar-refractivity contribution is 7.88. The highest BCUT2D eigenvalue weighted by Crippen LogP contribution is 2.29. The molecular weight excluding hydrogens is 322 g/mol. The Morgan fingerprint density at radius 1 is 1.50 bits per heavy atom. The molecule has 1 aromatic rings. The van der Waals surface area contributed by atoms with Gasteiger partial charge in [-0.1, -0.05) is 6.92 Å². The lowest BCUT2D eigenvalue weighted by atomic mass is 9.97. The second-order valence-electron chi connectivity index (χ2n) is 5.35. The first-order chi connectivity index (χ1) is 10.3. The van der Waals surface area contributed by atoms with Gasteiger partial charge >= 0.3 is 0 Å². The van der Waals surface area contributed by atoms with E-state index in [4.69, 9.17) is 5.26 Å². The summed E-state index contributed by atoms with van der Waals surface area (Å²) >= 11 is 1.42. The van der Waals surface area contributed by atoms with Crippen LogP contribution in [-0.4, -0.2) is 38.0 Å². The summed E-state index contributed by atoms with van der Waals surface area (Å²) in [5.74, 6) is -0.342. The van der Waals surface area contributed by atoms with Crippen molar-refractivity contribution >= 4 is 32.3 Å². The van der Waals surface area contributed by atoms with Crippen molar-refractivity contribution in [2.45, 2.75) is 26.2 Å². The maximum atomic E-state index is 12.3. The molecule has 0 spiro atoms. The molecular formula is C14H19N3O3S2. The summed E-state index contributed by atoms with van der Waals surface area (Å²) in [6.45, 7) is 2.73. The second kappa shape index (κ2) is 6.77. The summed E-state index contributed by atoms with van der Waals surface area (Å²) in [5.41, 5.74) is 0.490. The average Bonchev–Trinajstić information content (AvgIpc) is 2.88. The lowest BCUT2D eigenvalue weighted by molar-refractivity contribution is -0.120. The molecule has 2 rings (SSSR count). The van der Waals surface area contributed by atoms with Crippen molar-refractivity contribution in [2.24, 2.45) is 5.92 Å². The van der Waals surface area contributed by atoms with Crippen molar-refractivity contribution in [2.75, 3.05) is 24.7 Å². The average molecular weight is 341 g/mol. The molecule has 1 aliphatic heterocycles. The predicted molar refractivity (Wildman–Crippen MR) is 86.2 cm³/mol. The van der Waals surface area contributed by atoms with Crippen molar-refractivity contribution in [3.63, 3.8) is 0 Å². The number of anilines is 1. The normalized spacial score (nSPS) is 17.1. The molecule has 1 fully saturated rings. The number of aryl methyl sites for hydroxylation is 1. The zero-order chi connectivity index (χ0) is 16.3. The lowest BCUT2D eigenvalue weighted by Crippen LogP contribution is -2.40. The van der Waals surface area contributed by atoms with Gasteiger partial charge in [0.2, 0.25) is 15.9 Å². The van der Waals surface area contributed by atoms with Gasteiger partial charge in [-0.3, -0.25) is 4.79 Å². The number of nitrogens with zero attached hydrogens (tertiary/aromatic N) is 2. The molecule has 0 radical (unpaired) electrons. The Bertz CT molecular complexity index is 695. The molecule has 2 heterocycles. The number of sulfonamides is 1. The van der Waals surface area contributed by atoms with Crippen molar-refractivity contribution in [3.8, 4) is 6.07 Å². The molecule has 1 saturated heterocycles. The quantitative estimate of drug-likeness (QED) is 0.904. The van der Waals surface area contributed by atoms with Gasteiger partial charge in [-0.2, -0.15) is 5.26 Å². The van der Waals surface area contributed by atoms with Crippen molar-refractivity contribution in [1.29, 1.82) is 5.26 Å². The lowest BCUT2D eigenvalue weighted by Gasteiger charge is -2.29. The largest absolute Gasteiger partial charge is 0.316 e. The topological polar surface area (TPSA) is 90.3 Å². The summed E-state index contributed by atoms with van der Waals surface area (Å²) in [7, 11) is -3.18. The molecule has 6 nitrogen and oxygen atoms in total. The summed E-state index contributed by atoms with van der Waals surface area (Å²) in [6.07, 6.45) is 3.02. The van der Waals surface area contributed by atoms with Crippen LogP contribution in [0.25, 0.3) is 0 Å². The molecule has 1 aromatic heterocycles. The fraction of sp³-hybridized carbons (Fsp3) is 0.571. The summed E-state index contributed by atoms with van der Waals surface area (Å²) in [4.78, 5) is 13.4. The third-order valence-electron chi connectivity index (χ3n) is 3.78. The Morgan fingerprint density at radius 2 is 2.14 bits per heavy atom. The molecule has 1 aliphatic rings. The number of carbonyl (C=O) groups excluding carboxylic acids is 1. The SMILES string of the molecule is CCc1cc(C#N)c(NC(=O)C2CCN(S(C)(=O)=O)CC2)s1. The van der Waals surface area contributed by atoms with Crippen LogP contribution in [0.2, 0.25) is 0 Å². The van der Waals surface area contributed by atoms with Crippen molar-refractivity contribution in [1.82, 2.24) is 4.31 Å². The Labute approximate surface area is 134 Å². The summed E-state index contributed by atoms with van der Waals surface area (Å²) in [6, 6.07) is 3.89. The maximum Gasteiger partial charge on any atom is 0.228 e. The minimum Gasteiger partial charge on any atom is -0.316 e. The smallest absolute Gasteiger partial charge is 0.228 e. The number of nitriles is 1. The van der Waals surface area contributed by atoms with Crippen LogP contribution in [0.4, 0.5) is 5.00 Å². The molecule has 0 atom stereocenters. The standard InChI is InChI=1S/C14H19N3O3S2/c1-3-12-8-11(9-15)14(21-12)16-13(18)10-4-6-17(7-5-10)22(2,19)20/h8,10H,3-7H2,1-2H3,(H,16,18). The van der Waals surface area contributed by atoms with Crippen molar-refractivity contribution in [3.05, 3.63) is 16.5 Å². The molecule has 8 heteroatoms. The van der Waals surface area contributed by atoms with E-state index in [0.29, 0.717) is 36.5 Å². The van der Waals surface area contributed by atoms with E-state index in [1.807, 2.05) is 6.92 Å². The zero-order valence-corrected chi connectivity index (χ0v) is 14.3. The van der Waals surface area contributed by atoms with Crippen LogP contribution in [0.3, 0.4) is 0 Å². The van der Waals surface area contributed by atoms with Crippen LogP contribution in [0.15, 0.2) is 6.07 Å². The fourth-order valence-electron chi connectivity index (χ4n) is 2.46. The van der Waals surface area contributed by atoms with E-state index >= 15 is 0 Å². The molecule has 0 bridgehead atoms. The number of piperidine rings is 1. The van der Waals surface area contributed by atoms with Gasteiger partial charge in [-0.05, 0) is 25.3 Å². The fourth-order valence-corrected chi connectivity index (χ4v) is 4.28. The van der Waals surface area contributed by atoms with Crippen LogP contribution in [0.1, 0.15) is 30.2 Å². The first-order valence-electron chi connectivity index (χ1n) is 7.14. The third kappa shape index (κ3) is 3.85. The van der Waals surface area contributed by atoms with E-state index in [-0.39, 0.29) is 11.8 Å². The predicted octanol–water partition coefficient (Wildman–Crippen LogP) is 1.79. The minimum atomic E-state index is -3.18. The summed E-state index contributed by atoms with van der Waals surface area (Å²) < 4.78 is 24.3. The minimum absolute atomic E-state index is 0.130. The van der Waals surface area contributed by atoms with Gasteiger partial charge in [0, 0.05) is 23.9 Å². The highest BCUT2D eigenvalue weighted by Gasteiger charge is 2.29. The van der Waals surface area contributed by atoms with E-state index in [9.17, 15) is 13.2 Å². The van der Waals surface area contributed by atoms with E-state index in [2.05, 4.69) is 11.4 Å². The number of nitrogens with one attached hydrogen (secondary N) is 1. The van der Waals surface area contributed by atoms with Crippen LogP contribution in [-0.2, 0) is 21.2 Å². The van der Waals surface area contributed by atoms with Gasteiger partial charge < -0.3 is 5.32 Å². The Morgan fingerprint density at radius 3 is 2.64 bits per heavy atom. The number of hydrogen-bond donors (Lipinski definition) is 1. The molecule has 1 N–H and O–H groups in total. The third-order valence-corrected chi connectivity index (χ3v) is 6.28. The maximum absolute atomic E-state index is 12.3. The van der Waals surface area contributed by atoms with Gasteiger partial charge in [0.25, 0.3) is 0 Å². The Balaban J connectivity index is 2.00. The number of carbonyl (C=O) groups is 1. The van der Waals surface area contributed by atoms with Crippen LogP contribution >= 0.6 is 11.3 Å². The molecule has 1 amide bonds. The first-order valence-corrected chi connectivity index (χ1v) is 9.80.